The molecule has 0 aliphatic rings. The molecule has 0 aliphatic carbocycles. The minimum absolute atomic E-state index is 0.490. The predicted molar refractivity (Wildman–Crippen MR) is 70.2 cm³/mol. The van der Waals surface area contributed by atoms with Crippen LogP contribution in [0.1, 0.15) is 11.1 Å². The molecular weight excluding hydrogens is 257 g/mol. The van der Waals surface area contributed by atoms with Crippen LogP contribution in [0.5, 0.6) is 11.5 Å². The largest absolute Gasteiger partial charge is 0.456 e. The number of rotatable bonds is 2. The molecular formula is C13H11Cl2NO. The lowest BCUT2D eigenvalue weighted by Gasteiger charge is -2.08. The molecule has 2 rings (SSSR count). The van der Waals surface area contributed by atoms with E-state index in [4.69, 9.17) is 27.9 Å². The Hall–Kier alpha value is -1.25. The topological polar surface area (TPSA) is 22.1 Å². The third-order valence-electron chi connectivity index (χ3n) is 2.35. The zero-order valence-corrected chi connectivity index (χ0v) is 11.0. The lowest BCUT2D eigenvalue weighted by atomic mass is 10.2. The molecule has 0 atom stereocenters. The van der Waals surface area contributed by atoms with E-state index >= 15 is 0 Å². The number of hydrogen-bond acceptors (Lipinski definition) is 2. The SMILES string of the molecule is Cc1cc(Oc2cnc(Cl)c(C)c2)ccc1Cl. The Morgan fingerprint density at radius 2 is 1.71 bits per heavy atom. The van der Waals surface area contributed by atoms with E-state index in [9.17, 15) is 0 Å². The molecule has 0 radical (unpaired) electrons. The van der Waals surface area contributed by atoms with Gasteiger partial charge in [0.2, 0.25) is 0 Å². The van der Waals surface area contributed by atoms with Crippen molar-refractivity contribution >= 4 is 23.2 Å². The van der Waals surface area contributed by atoms with Crippen LogP contribution >= 0.6 is 23.2 Å². The summed E-state index contributed by atoms with van der Waals surface area (Å²) in [6.45, 7) is 3.82. The summed E-state index contributed by atoms with van der Waals surface area (Å²) in [5, 5.41) is 1.22. The molecule has 1 heterocycles. The van der Waals surface area contributed by atoms with Crippen molar-refractivity contribution in [3.05, 3.63) is 51.8 Å². The molecule has 1 aromatic heterocycles. The van der Waals surface area contributed by atoms with Crippen LogP contribution in [0.4, 0.5) is 0 Å². The summed E-state index contributed by atoms with van der Waals surface area (Å²) in [4.78, 5) is 4.03. The van der Waals surface area contributed by atoms with Gasteiger partial charge in [-0.3, -0.25) is 0 Å². The maximum atomic E-state index is 5.94. The van der Waals surface area contributed by atoms with Crippen LogP contribution in [0.15, 0.2) is 30.5 Å². The molecule has 0 spiro atoms. The number of halogens is 2. The number of nitrogens with zero attached hydrogens (tertiary/aromatic N) is 1. The Balaban J connectivity index is 2.25. The van der Waals surface area contributed by atoms with Gasteiger partial charge in [0.25, 0.3) is 0 Å². The molecule has 88 valence electrons. The van der Waals surface area contributed by atoms with Crippen molar-refractivity contribution in [1.82, 2.24) is 4.98 Å². The van der Waals surface area contributed by atoms with Crippen molar-refractivity contribution in [2.75, 3.05) is 0 Å². The van der Waals surface area contributed by atoms with Gasteiger partial charge in [0.05, 0.1) is 6.20 Å². The van der Waals surface area contributed by atoms with Gasteiger partial charge in [0, 0.05) is 5.02 Å². The van der Waals surface area contributed by atoms with Crippen LogP contribution in [-0.4, -0.2) is 4.98 Å². The zero-order chi connectivity index (χ0) is 12.4. The molecule has 0 amide bonds. The first-order valence-corrected chi connectivity index (χ1v) is 5.88. The van der Waals surface area contributed by atoms with E-state index in [1.54, 1.807) is 6.20 Å². The van der Waals surface area contributed by atoms with Gasteiger partial charge in [-0.15, -0.1) is 0 Å². The molecule has 2 nitrogen and oxygen atoms in total. The van der Waals surface area contributed by atoms with Gasteiger partial charge >= 0.3 is 0 Å². The van der Waals surface area contributed by atoms with Crippen molar-refractivity contribution in [3.8, 4) is 11.5 Å². The van der Waals surface area contributed by atoms with Crippen molar-refractivity contribution in [3.63, 3.8) is 0 Å². The van der Waals surface area contributed by atoms with Crippen LogP contribution in [0.25, 0.3) is 0 Å². The van der Waals surface area contributed by atoms with E-state index in [1.165, 1.54) is 0 Å². The minimum atomic E-state index is 0.490. The normalized spacial score (nSPS) is 10.4. The summed E-state index contributed by atoms with van der Waals surface area (Å²) in [5.41, 5.74) is 1.86. The van der Waals surface area contributed by atoms with Gasteiger partial charge in [-0.2, -0.15) is 0 Å². The van der Waals surface area contributed by atoms with Crippen LogP contribution in [0.3, 0.4) is 0 Å². The van der Waals surface area contributed by atoms with E-state index < -0.39 is 0 Å². The summed E-state index contributed by atoms with van der Waals surface area (Å²) in [6.07, 6.45) is 1.60. The zero-order valence-electron chi connectivity index (χ0n) is 9.50. The third-order valence-corrected chi connectivity index (χ3v) is 3.17. The quantitative estimate of drug-likeness (QED) is 0.730. The Morgan fingerprint density at radius 1 is 1.00 bits per heavy atom. The smallest absolute Gasteiger partial charge is 0.146 e. The lowest BCUT2D eigenvalue weighted by molar-refractivity contribution is 0.479. The second-order valence-corrected chi connectivity index (χ2v) is 4.56. The number of pyridine rings is 1. The summed E-state index contributed by atoms with van der Waals surface area (Å²) in [7, 11) is 0. The first-order chi connectivity index (χ1) is 8.06. The van der Waals surface area contributed by atoms with Crippen molar-refractivity contribution < 1.29 is 4.74 Å². The Morgan fingerprint density at radius 3 is 2.35 bits per heavy atom. The molecule has 0 bridgehead atoms. The fourth-order valence-electron chi connectivity index (χ4n) is 1.40. The number of aryl methyl sites for hydroxylation is 2. The predicted octanol–water partition coefficient (Wildman–Crippen LogP) is 4.80. The molecule has 4 heteroatoms. The van der Waals surface area contributed by atoms with Gasteiger partial charge in [0.1, 0.15) is 16.7 Å². The highest BCUT2D eigenvalue weighted by Crippen LogP contribution is 2.27. The second kappa shape index (κ2) is 4.94. The van der Waals surface area contributed by atoms with Crippen molar-refractivity contribution in [2.24, 2.45) is 0 Å². The van der Waals surface area contributed by atoms with E-state index in [0.29, 0.717) is 10.9 Å². The van der Waals surface area contributed by atoms with Crippen molar-refractivity contribution in [1.29, 1.82) is 0 Å². The van der Waals surface area contributed by atoms with Crippen LogP contribution < -0.4 is 4.74 Å². The maximum absolute atomic E-state index is 5.94. The first-order valence-electron chi connectivity index (χ1n) is 5.12. The van der Waals surface area contributed by atoms with Crippen LogP contribution in [-0.2, 0) is 0 Å². The molecule has 0 unspecified atom stereocenters. The molecule has 0 N–H and O–H groups in total. The van der Waals surface area contributed by atoms with E-state index in [1.807, 2.05) is 38.1 Å². The van der Waals surface area contributed by atoms with E-state index in [2.05, 4.69) is 4.98 Å². The summed E-state index contributed by atoms with van der Waals surface area (Å²) in [6, 6.07) is 7.35. The number of benzene rings is 1. The van der Waals surface area contributed by atoms with E-state index in [-0.39, 0.29) is 0 Å². The Labute approximate surface area is 110 Å². The van der Waals surface area contributed by atoms with Crippen molar-refractivity contribution in [2.45, 2.75) is 13.8 Å². The third kappa shape index (κ3) is 2.90. The molecule has 0 saturated carbocycles. The van der Waals surface area contributed by atoms with Crippen LogP contribution in [0.2, 0.25) is 10.2 Å². The first kappa shape index (κ1) is 12.2. The van der Waals surface area contributed by atoms with Gasteiger partial charge in [-0.25, -0.2) is 4.98 Å². The fourth-order valence-corrected chi connectivity index (χ4v) is 1.63. The monoisotopic (exact) mass is 267 g/mol. The molecule has 2 aromatic rings. The number of hydrogen-bond donors (Lipinski definition) is 0. The Bertz CT molecular complexity index is 506. The molecule has 1 aromatic carbocycles. The summed E-state index contributed by atoms with van der Waals surface area (Å²) < 4.78 is 5.67. The minimum Gasteiger partial charge on any atom is -0.456 e. The highest BCUT2D eigenvalue weighted by molar-refractivity contribution is 6.31. The molecule has 0 aliphatic heterocycles. The average Bonchev–Trinajstić information content (AvgIpc) is 2.29. The van der Waals surface area contributed by atoms with Gasteiger partial charge in [-0.1, -0.05) is 23.2 Å². The average molecular weight is 268 g/mol. The van der Waals surface area contributed by atoms with Gasteiger partial charge < -0.3 is 4.74 Å². The highest BCUT2D eigenvalue weighted by atomic mass is 35.5. The van der Waals surface area contributed by atoms with Crippen LogP contribution in [0, 0.1) is 13.8 Å². The number of ether oxygens (including phenoxy) is 1. The molecule has 17 heavy (non-hydrogen) atoms. The maximum Gasteiger partial charge on any atom is 0.146 e. The fraction of sp³-hybridized carbons (Fsp3) is 0.154. The molecule has 0 saturated heterocycles. The van der Waals surface area contributed by atoms with Gasteiger partial charge in [0.15, 0.2) is 0 Å². The highest BCUT2D eigenvalue weighted by Gasteiger charge is 2.03. The second-order valence-electron chi connectivity index (χ2n) is 3.79. The lowest BCUT2D eigenvalue weighted by Crippen LogP contribution is -1.88. The summed E-state index contributed by atoms with van der Waals surface area (Å²) in [5.74, 6) is 1.39. The Kier molecular flexibility index (Phi) is 3.55. The summed E-state index contributed by atoms with van der Waals surface area (Å²) >= 11 is 11.8. The molecule has 0 fully saturated rings. The van der Waals surface area contributed by atoms with Gasteiger partial charge in [-0.05, 0) is 49.2 Å². The number of aromatic nitrogens is 1. The standard InChI is InChI=1S/C13H11Cl2NO/c1-8-5-10(3-4-12(8)14)17-11-6-9(2)13(15)16-7-11/h3-7H,1-2H3. The van der Waals surface area contributed by atoms with E-state index in [0.717, 1.165) is 21.9 Å².